The Bertz CT molecular complexity index is 491. The molecule has 0 bridgehead atoms. The van der Waals surface area contributed by atoms with Crippen molar-refractivity contribution in [1.29, 1.82) is 0 Å². The van der Waals surface area contributed by atoms with Crippen LogP contribution in [0.25, 0.3) is 0 Å². The molecule has 2 N–H and O–H groups in total. The Labute approximate surface area is 129 Å². The molecule has 1 saturated heterocycles. The number of ether oxygens (including phenoxy) is 2. The second-order valence-electron chi connectivity index (χ2n) is 5.27. The highest BCUT2D eigenvalue weighted by molar-refractivity contribution is 5.80. The van der Waals surface area contributed by atoms with Crippen molar-refractivity contribution in [2.24, 2.45) is 0 Å². The lowest BCUT2D eigenvalue weighted by Crippen LogP contribution is -2.50. The number of benzene rings is 1. The Morgan fingerprint density at radius 3 is 2.77 bits per heavy atom. The van der Waals surface area contributed by atoms with Crippen molar-refractivity contribution >= 4 is 11.9 Å². The van der Waals surface area contributed by atoms with E-state index in [1.807, 2.05) is 30.3 Å². The molecule has 0 aliphatic carbocycles. The molecule has 6 heteroatoms. The zero-order valence-corrected chi connectivity index (χ0v) is 12.4. The van der Waals surface area contributed by atoms with Crippen LogP contribution < -0.4 is 5.32 Å². The molecule has 1 aliphatic heterocycles. The molecular formula is C16H21NO5. The molecule has 22 heavy (non-hydrogen) atoms. The fourth-order valence-corrected chi connectivity index (χ4v) is 2.33. The lowest BCUT2D eigenvalue weighted by Gasteiger charge is -2.32. The summed E-state index contributed by atoms with van der Waals surface area (Å²) in [4.78, 5) is 22.2. The summed E-state index contributed by atoms with van der Waals surface area (Å²) in [6.45, 7) is 1.46. The Hall–Kier alpha value is -1.92. The minimum absolute atomic E-state index is 0.0305. The highest BCUT2D eigenvalue weighted by Gasteiger charge is 2.28. The second kappa shape index (κ2) is 8.51. The van der Waals surface area contributed by atoms with Crippen LogP contribution in [0.2, 0.25) is 0 Å². The van der Waals surface area contributed by atoms with E-state index in [-0.39, 0.29) is 30.9 Å². The van der Waals surface area contributed by atoms with Crippen molar-refractivity contribution in [3.05, 3.63) is 35.9 Å². The van der Waals surface area contributed by atoms with Crippen LogP contribution in [-0.2, 0) is 25.7 Å². The summed E-state index contributed by atoms with van der Waals surface area (Å²) in [7, 11) is 0. The average molecular weight is 307 g/mol. The molecule has 6 nitrogen and oxygen atoms in total. The maximum absolute atomic E-state index is 11.7. The standard InChI is InChI=1S/C16H21NO5/c18-15(6-7-16(19)20)17-13-11-21-9-8-14(13)22-10-12-4-2-1-3-5-12/h1-5,13-14H,6-11H2,(H,17,18)(H,19,20)/t13-,14+/m1/s1. The zero-order valence-electron chi connectivity index (χ0n) is 12.4. The summed E-state index contributed by atoms with van der Waals surface area (Å²) in [6.07, 6.45) is 0.380. The number of aliphatic carboxylic acids is 1. The highest BCUT2D eigenvalue weighted by Crippen LogP contribution is 2.14. The van der Waals surface area contributed by atoms with Crippen LogP contribution in [0.15, 0.2) is 30.3 Å². The van der Waals surface area contributed by atoms with Crippen molar-refractivity contribution in [2.75, 3.05) is 13.2 Å². The van der Waals surface area contributed by atoms with Gasteiger partial charge >= 0.3 is 5.97 Å². The van der Waals surface area contributed by atoms with Crippen LogP contribution in [0.5, 0.6) is 0 Å². The van der Waals surface area contributed by atoms with Gasteiger partial charge in [0, 0.05) is 13.0 Å². The topological polar surface area (TPSA) is 84.9 Å². The quantitative estimate of drug-likeness (QED) is 0.794. The van der Waals surface area contributed by atoms with Gasteiger partial charge in [-0.1, -0.05) is 30.3 Å². The number of rotatable bonds is 7. The Balaban J connectivity index is 1.82. The number of hydrogen-bond donors (Lipinski definition) is 2. The number of carboxylic acid groups (broad SMARTS) is 1. The van der Waals surface area contributed by atoms with Gasteiger partial charge in [-0.2, -0.15) is 0 Å². The first kappa shape index (κ1) is 16.5. The van der Waals surface area contributed by atoms with Crippen LogP contribution in [0, 0.1) is 0 Å². The van der Waals surface area contributed by atoms with Gasteiger partial charge in [-0.25, -0.2) is 0 Å². The zero-order chi connectivity index (χ0) is 15.8. The maximum Gasteiger partial charge on any atom is 0.303 e. The molecule has 0 radical (unpaired) electrons. The van der Waals surface area contributed by atoms with Gasteiger partial charge in [0.05, 0.1) is 31.8 Å². The summed E-state index contributed by atoms with van der Waals surface area (Å²) < 4.78 is 11.3. The van der Waals surface area contributed by atoms with E-state index >= 15 is 0 Å². The predicted molar refractivity (Wildman–Crippen MR) is 79.3 cm³/mol. The summed E-state index contributed by atoms with van der Waals surface area (Å²) in [5.74, 6) is -1.27. The van der Waals surface area contributed by atoms with Crippen LogP contribution >= 0.6 is 0 Å². The largest absolute Gasteiger partial charge is 0.481 e. The Morgan fingerprint density at radius 1 is 1.27 bits per heavy atom. The average Bonchev–Trinajstić information content (AvgIpc) is 2.53. The van der Waals surface area contributed by atoms with Gasteiger partial charge in [0.2, 0.25) is 5.91 Å². The second-order valence-corrected chi connectivity index (χ2v) is 5.27. The first-order valence-electron chi connectivity index (χ1n) is 7.39. The summed E-state index contributed by atoms with van der Waals surface area (Å²) >= 11 is 0. The van der Waals surface area contributed by atoms with Gasteiger partial charge in [-0.05, 0) is 12.0 Å². The summed E-state index contributed by atoms with van der Waals surface area (Å²) in [5.41, 5.74) is 1.07. The third-order valence-corrected chi connectivity index (χ3v) is 3.51. The van der Waals surface area contributed by atoms with E-state index in [0.29, 0.717) is 26.2 Å². The molecule has 1 aliphatic rings. The van der Waals surface area contributed by atoms with Gasteiger partial charge in [0.15, 0.2) is 0 Å². The molecule has 1 amide bonds. The van der Waals surface area contributed by atoms with Gasteiger partial charge < -0.3 is 19.9 Å². The summed E-state index contributed by atoms with van der Waals surface area (Å²) in [5, 5.41) is 11.4. The first-order valence-corrected chi connectivity index (χ1v) is 7.39. The number of carbonyl (C=O) groups is 2. The lowest BCUT2D eigenvalue weighted by atomic mass is 10.1. The molecule has 1 heterocycles. The van der Waals surface area contributed by atoms with Gasteiger partial charge in [-0.15, -0.1) is 0 Å². The predicted octanol–water partition coefficient (Wildman–Crippen LogP) is 1.34. The van der Waals surface area contributed by atoms with Crippen molar-refractivity contribution in [1.82, 2.24) is 5.32 Å². The molecule has 0 saturated carbocycles. The molecule has 120 valence electrons. The summed E-state index contributed by atoms with van der Waals surface area (Å²) in [6, 6.07) is 9.59. The third-order valence-electron chi connectivity index (χ3n) is 3.51. The molecule has 2 atom stereocenters. The lowest BCUT2D eigenvalue weighted by molar-refractivity contribution is -0.139. The van der Waals surface area contributed by atoms with Crippen LogP contribution in [0.3, 0.4) is 0 Å². The number of carboxylic acids is 1. The first-order chi connectivity index (χ1) is 10.6. The fourth-order valence-electron chi connectivity index (χ4n) is 2.33. The molecule has 1 fully saturated rings. The molecule has 1 aromatic carbocycles. The van der Waals surface area contributed by atoms with E-state index in [0.717, 1.165) is 5.56 Å². The van der Waals surface area contributed by atoms with E-state index in [4.69, 9.17) is 14.6 Å². The molecule has 2 rings (SSSR count). The number of hydrogen-bond acceptors (Lipinski definition) is 4. The number of carbonyl (C=O) groups excluding carboxylic acids is 1. The maximum atomic E-state index is 11.7. The normalized spacial score (nSPS) is 21.3. The van der Waals surface area contributed by atoms with Crippen molar-refractivity contribution in [3.63, 3.8) is 0 Å². The molecule has 1 aromatic rings. The monoisotopic (exact) mass is 307 g/mol. The van der Waals surface area contributed by atoms with Crippen LogP contribution in [0.1, 0.15) is 24.8 Å². The number of nitrogens with one attached hydrogen (secondary N) is 1. The smallest absolute Gasteiger partial charge is 0.303 e. The van der Waals surface area contributed by atoms with E-state index < -0.39 is 5.97 Å². The third kappa shape index (κ3) is 5.46. The molecule has 0 aromatic heterocycles. The minimum atomic E-state index is -0.980. The molecular weight excluding hydrogens is 286 g/mol. The fraction of sp³-hybridized carbons (Fsp3) is 0.500. The van der Waals surface area contributed by atoms with E-state index in [1.165, 1.54) is 0 Å². The number of amides is 1. The van der Waals surface area contributed by atoms with E-state index in [1.54, 1.807) is 0 Å². The molecule has 0 spiro atoms. The van der Waals surface area contributed by atoms with Crippen LogP contribution in [0.4, 0.5) is 0 Å². The Kier molecular flexibility index (Phi) is 6.36. The van der Waals surface area contributed by atoms with Gasteiger partial charge in [-0.3, -0.25) is 9.59 Å². The minimum Gasteiger partial charge on any atom is -0.481 e. The highest BCUT2D eigenvalue weighted by atomic mass is 16.5. The van der Waals surface area contributed by atoms with Crippen molar-refractivity contribution in [2.45, 2.75) is 38.0 Å². The SMILES string of the molecule is O=C(O)CCC(=O)N[C@@H]1COCC[C@@H]1OCc1ccccc1. The van der Waals surface area contributed by atoms with Crippen molar-refractivity contribution in [3.8, 4) is 0 Å². The van der Waals surface area contributed by atoms with Gasteiger partial charge in [0.1, 0.15) is 0 Å². The molecule has 0 unspecified atom stereocenters. The van der Waals surface area contributed by atoms with Crippen LogP contribution in [-0.4, -0.2) is 42.3 Å². The van der Waals surface area contributed by atoms with E-state index in [2.05, 4.69) is 5.32 Å². The van der Waals surface area contributed by atoms with Gasteiger partial charge in [0.25, 0.3) is 0 Å². The Morgan fingerprint density at radius 2 is 2.05 bits per heavy atom. The van der Waals surface area contributed by atoms with Crippen molar-refractivity contribution < 1.29 is 24.2 Å². The van der Waals surface area contributed by atoms with E-state index in [9.17, 15) is 9.59 Å².